The first-order valence-electron chi connectivity index (χ1n) is 5.23. The van der Waals surface area contributed by atoms with Gasteiger partial charge in [-0.25, -0.2) is 0 Å². The van der Waals surface area contributed by atoms with E-state index < -0.39 is 0 Å². The summed E-state index contributed by atoms with van der Waals surface area (Å²) in [4.78, 5) is 0. The van der Waals surface area contributed by atoms with E-state index in [1.807, 2.05) is 24.3 Å². The molecule has 0 aliphatic carbocycles. The van der Waals surface area contributed by atoms with Crippen LogP contribution in [0, 0.1) is 0 Å². The van der Waals surface area contributed by atoms with Crippen LogP contribution >= 0.6 is 28.3 Å². The molecule has 1 nitrogen and oxygen atoms in total. The number of rotatable bonds is 3. The number of hydrogen-bond donors (Lipinski definition) is 1. The summed E-state index contributed by atoms with van der Waals surface area (Å²) in [6.07, 6.45) is 0.800. The molecule has 0 aromatic heterocycles. The monoisotopic (exact) mass is 353 g/mol. The van der Waals surface area contributed by atoms with Crippen molar-refractivity contribution >= 4 is 44.8 Å². The minimum Gasteiger partial charge on any atom is -0.398 e. The van der Waals surface area contributed by atoms with Gasteiger partial charge in [0.1, 0.15) is 0 Å². The largest absolute Gasteiger partial charge is 0.398 e. The van der Waals surface area contributed by atoms with E-state index in [0.717, 1.165) is 28.6 Å². The molecule has 2 aromatic carbocycles. The summed E-state index contributed by atoms with van der Waals surface area (Å²) in [7, 11) is 0. The standard InChI is InChI=1S/C14H13INP/c1-10(13-4-2-3-5-14(13)16)11-6-8-12(17-15)9-7-11/h2-9,17H,1,16H2. The lowest BCUT2D eigenvalue weighted by Crippen LogP contribution is -1.96. The van der Waals surface area contributed by atoms with Crippen LogP contribution in [0.25, 0.3) is 5.57 Å². The molecule has 1 unspecified atom stereocenters. The Kier molecular flexibility index (Phi) is 4.19. The third-order valence-electron chi connectivity index (χ3n) is 2.63. The summed E-state index contributed by atoms with van der Waals surface area (Å²) >= 11 is 2.38. The Balaban J connectivity index is 2.34. The molecule has 17 heavy (non-hydrogen) atoms. The van der Waals surface area contributed by atoms with Crippen molar-refractivity contribution in [2.75, 3.05) is 5.73 Å². The molecule has 0 radical (unpaired) electrons. The first-order valence-corrected chi connectivity index (χ1v) is 9.34. The Labute approximate surface area is 116 Å². The van der Waals surface area contributed by atoms with Gasteiger partial charge in [-0.05, 0) is 28.7 Å². The zero-order chi connectivity index (χ0) is 12.3. The number of anilines is 1. The Morgan fingerprint density at radius 1 is 1.06 bits per heavy atom. The second-order valence-electron chi connectivity index (χ2n) is 3.74. The molecule has 0 spiro atoms. The highest BCUT2D eigenvalue weighted by atomic mass is 127. The molecule has 0 amide bonds. The normalized spacial score (nSPS) is 10.9. The van der Waals surface area contributed by atoms with Crippen LogP contribution in [-0.2, 0) is 0 Å². The van der Waals surface area contributed by atoms with Crippen LogP contribution in [0.3, 0.4) is 0 Å². The van der Waals surface area contributed by atoms with E-state index in [4.69, 9.17) is 5.73 Å². The molecule has 0 saturated carbocycles. The van der Waals surface area contributed by atoms with Gasteiger partial charge in [0.15, 0.2) is 0 Å². The fourth-order valence-corrected chi connectivity index (χ4v) is 3.03. The second kappa shape index (κ2) is 5.65. The molecule has 0 heterocycles. The van der Waals surface area contributed by atoms with Crippen LogP contribution in [0.15, 0.2) is 55.1 Å². The van der Waals surface area contributed by atoms with Gasteiger partial charge in [0.05, 0.1) is 0 Å². The van der Waals surface area contributed by atoms with E-state index in [0.29, 0.717) is 0 Å². The highest BCUT2D eigenvalue weighted by Crippen LogP contribution is 2.27. The SMILES string of the molecule is C=C(c1ccc(PI)cc1)c1ccccc1N. The highest BCUT2D eigenvalue weighted by Gasteiger charge is 2.05. The van der Waals surface area contributed by atoms with Gasteiger partial charge in [0, 0.05) is 11.3 Å². The molecule has 0 aliphatic rings. The molecule has 0 aliphatic heterocycles. The van der Waals surface area contributed by atoms with Crippen molar-refractivity contribution in [2.45, 2.75) is 0 Å². The van der Waals surface area contributed by atoms with Crippen LogP contribution in [0.5, 0.6) is 0 Å². The van der Waals surface area contributed by atoms with Crippen LogP contribution in [0.1, 0.15) is 11.1 Å². The van der Waals surface area contributed by atoms with Crippen molar-refractivity contribution < 1.29 is 0 Å². The van der Waals surface area contributed by atoms with E-state index in [1.165, 1.54) is 5.30 Å². The maximum Gasteiger partial charge on any atom is 0.0393 e. The van der Waals surface area contributed by atoms with E-state index in [9.17, 15) is 0 Å². The zero-order valence-electron chi connectivity index (χ0n) is 9.28. The van der Waals surface area contributed by atoms with Crippen molar-refractivity contribution in [1.82, 2.24) is 0 Å². The van der Waals surface area contributed by atoms with E-state index in [2.05, 4.69) is 52.9 Å². The smallest absolute Gasteiger partial charge is 0.0393 e. The van der Waals surface area contributed by atoms with E-state index in [-0.39, 0.29) is 0 Å². The highest BCUT2D eigenvalue weighted by molar-refractivity contribution is 14.2. The quantitative estimate of drug-likeness (QED) is 0.504. The predicted octanol–water partition coefficient (Wildman–Crippen LogP) is 3.98. The van der Waals surface area contributed by atoms with Gasteiger partial charge < -0.3 is 5.73 Å². The third-order valence-corrected chi connectivity index (χ3v) is 5.05. The summed E-state index contributed by atoms with van der Waals surface area (Å²) < 4.78 is 0. The summed E-state index contributed by atoms with van der Waals surface area (Å²) in [5, 5.41) is 1.35. The van der Waals surface area contributed by atoms with Crippen molar-refractivity contribution in [3.05, 3.63) is 66.2 Å². The van der Waals surface area contributed by atoms with Crippen LogP contribution in [0.4, 0.5) is 5.69 Å². The lowest BCUT2D eigenvalue weighted by atomic mass is 9.98. The summed E-state index contributed by atoms with van der Waals surface area (Å²) in [5.41, 5.74) is 9.85. The van der Waals surface area contributed by atoms with Crippen LogP contribution in [-0.4, -0.2) is 0 Å². The molecule has 2 aromatic rings. The Morgan fingerprint density at radius 3 is 2.29 bits per heavy atom. The molecular weight excluding hydrogens is 340 g/mol. The topological polar surface area (TPSA) is 26.0 Å². The number of halogens is 1. The molecule has 2 rings (SSSR count). The van der Waals surface area contributed by atoms with Gasteiger partial charge in [-0.15, -0.1) is 0 Å². The fraction of sp³-hybridized carbons (Fsp3) is 0. The number of para-hydroxylation sites is 1. The van der Waals surface area contributed by atoms with Gasteiger partial charge >= 0.3 is 0 Å². The molecule has 86 valence electrons. The number of benzene rings is 2. The number of nitrogens with two attached hydrogens (primary N) is 1. The summed E-state index contributed by atoms with van der Waals surface area (Å²) in [5.74, 6) is 0. The van der Waals surface area contributed by atoms with Gasteiger partial charge in [-0.3, -0.25) is 0 Å². The number of nitrogen functional groups attached to an aromatic ring is 1. The lowest BCUT2D eigenvalue weighted by Gasteiger charge is -2.09. The Morgan fingerprint density at radius 2 is 1.71 bits per heavy atom. The predicted molar refractivity (Wildman–Crippen MR) is 87.4 cm³/mol. The number of hydrogen-bond acceptors (Lipinski definition) is 1. The van der Waals surface area contributed by atoms with Gasteiger partial charge in [-0.1, -0.05) is 71.1 Å². The summed E-state index contributed by atoms with van der Waals surface area (Å²) in [6, 6.07) is 16.3. The average Bonchev–Trinajstić information content (AvgIpc) is 2.39. The second-order valence-corrected chi connectivity index (χ2v) is 6.12. The molecule has 2 N–H and O–H groups in total. The van der Waals surface area contributed by atoms with Gasteiger partial charge in [-0.2, -0.15) is 0 Å². The molecule has 3 heteroatoms. The maximum atomic E-state index is 5.95. The van der Waals surface area contributed by atoms with Crippen LogP contribution < -0.4 is 11.0 Å². The molecule has 0 bridgehead atoms. The van der Waals surface area contributed by atoms with Crippen molar-refractivity contribution in [1.29, 1.82) is 0 Å². The molecule has 0 saturated heterocycles. The third kappa shape index (κ3) is 2.88. The molecule has 1 atom stereocenters. The first kappa shape index (κ1) is 12.6. The van der Waals surface area contributed by atoms with Crippen molar-refractivity contribution in [3.63, 3.8) is 0 Å². The Hall–Kier alpha value is -0.860. The molecular formula is C14H13INP. The van der Waals surface area contributed by atoms with E-state index in [1.54, 1.807) is 0 Å². The average molecular weight is 353 g/mol. The lowest BCUT2D eigenvalue weighted by molar-refractivity contribution is 1.56. The maximum absolute atomic E-state index is 5.95. The van der Waals surface area contributed by atoms with Crippen molar-refractivity contribution in [3.8, 4) is 0 Å². The van der Waals surface area contributed by atoms with Gasteiger partial charge in [0.25, 0.3) is 0 Å². The minimum absolute atomic E-state index is 0.775. The van der Waals surface area contributed by atoms with Crippen LogP contribution in [0.2, 0.25) is 0 Å². The van der Waals surface area contributed by atoms with Crippen molar-refractivity contribution in [2.24, 2.45) is 0 Å². The minimum atomic E-state index is 0.775. The first-order chi connectivity index (χ1) is 8.22. The zero-order valence-corrected chi connectivity index (χ0v) is 12.4. The molecule has 0 fully saturated rings. The van der Waals surface area contributed by atoms with Gasteiger partial charge in [0.2, 0.25) is 0 Å². The Bertz CT molecular complexity index is 534. The fourth-order valence-electron chi connectivity index (χ4n) is 1.66. The summed E-state index contributed by atoms with van der Waals surface area (Å²) in [6.45, 7) is 4.13. The van der Waals surface area contributed by atoms with E-state index >= 15 is 0 Å².